The highest BCUT2D eigenvalue weighted by molar-refractivity contribution is 6.30. The summed E-state index contributed by atoms with van der Waals surface area (Å²) < 4.78 is 31.9. The molecule has 0 radical (unpaired) electrons. The van der Waals surface area contributed by atoms with Gasteiger partial charge in [-0.05, 0) is 96.2 Å². The number of benzene rings is 2. The number of alkyl carbamates (subject to hydrolysis) is 2. The highest BCUT2D eigenvalue weighted by Gasteiger charge is 2.35. The van der Waals surface area contributed by atoms with Crippen LogP contribution in [0.25, 0.3) is 10.9 Å². The second-order valence-electron chi connectivity index (χ2n) is 13.7. The van der Waals surface area contributed by atoms with E-state index in [4.69, 9.17) is 25.8 Å². The molecule has 0 saturated heterocycles. The van der Waals surface area contributed by atoms with Gasteiger partial charge in [0.15, 0.2) is 0 Å². The van der Waals surface area contributed by atoms with Crippen molar-refractivity contribution in [1.82, 2.24) is 20.9 Å². The van der Waals surface area contributed by atoms with Crippen LogP contribution in [0.1, 0.15) is 95.1 Å². The molecule has 50 heavy (non-hydrogen) atoms. The molecule has 0 aliphatic heterocycles. The molecule has 3 rings (SSSR count). The number of halogens is 2. The molecule has 14 heteroatoms. The number of nitrogens with one attached hydrogen (secondary N) is 4. The fourth-order valence-electron chi connectivity index (χ4n) is 4.97. The largest absolute Gasteiger partial charge is 0.464 e. The van der Waals surface area contributed by atoms with E-state index in [9.17, 15) is 24.0 Å². The van der Waals surface area contributed by atoms with Crippen molar-refractivity contribution >= 4 is 46.6 Å². The molecule has 2 aromatic carbocycles. The van der Waals surface area contributed by atoms with Crippen LogP contribution in [0.5, 0.6) is 0 Å². The Morgan fingerprint density at radius 2 is 1.58 bits per heavy atom. The van der Waals surface area contributed by atoms with Gasteiger partial charge < -0.3 is 35.1 Å². The van der Waals surface area contributed by atoms with E-state index in [1.807, 2.05) is 0 Å². The molecule has 4 N–H and O–H groups in total. The molecule has 1 aromatic heterocycles. The molecule has 2 unspecified atom stereocenters. The Bertz CT molecular complexity index is 1730. The first-order valence-corrected chi connectivity index (χ1v) is 16.8. The van der Waals surface area contributed by atoms with Crippen molar-refractivity contribution in [3.05, 3.63) is 80.3 Å². The first kappa shape index (κ1) is 39.8. The number of pyridine rings is 1. The average Bonchev–Trinajstić information content (AvgIpc) is 3.01. The molecule has 0 fully saturated rings. The summed E-state index contributed by atoms with van der Waals surface area (Å²) in [5, 5.41) is 8.29. The molecule has 0 bridgehead atoms. The van der Waals surface area contributed by atoms with Gasteiger partial charge in [0, 0.05) is 35.6 Å². The van der Waals surface area contributed by atoms with E-state index in [-0.39, 0.29) is 54.6 Å². The summed E-state index contributed by atoms with van der Waals surface area (Å²) in [6.45, 7) is 12.2. The lowest BCUT2D eigenvalue weighted by Crippen LogP contribution is -2.48. The minimum absolute atomic E-state index is 0.0541. The van der Waals surface area contributed by atoms with Crippen molar-refractivity contribution in [1.29, 1.82) is 0 Å². The molecule has 1 heterocycles. The van der Waals surface area contributed by atoms with Crippen LogP contribution in [0.15, 0.2) is 47.4 Å². The van der Waals surface area contributed by atoms with E-state index in [0.29, 0.717) is 11.4 Å². The number of fused-ring (bicyclic) bond motifs is 1. The Kier molecular flexibility index (Phi) is 13.8. The summed E-state index contributed by atoms with van der Waals surface area (Å²) >= 11 is 5.93. The zero-order valence-corrected chi connectivity index (χ0v) is 30.2. The van der Waals surface area contributed by atoms with Gasteiger partial charge >= 0.3 is 18.2 Å². The van der Waals surface area contributed by atoms with E-state index in [1.54, 1.807) is 72.7 Å². The Morgan fingerprint density at radius 3 is 2.20 bits per heavy atom. The highest BCUT2D eigenvalue weighted by atomic mass is 35.5. The number of rotatable bonds is 13. The lowest BCUT2D eigenvalue weighted by molar-refractivity contribution is -0.147. The molecular formula is C36H46ClFN4O8. The van der Waals surface area contributed by atoms with Crippen LogP contribution in [0, 0.1) is 5.82 Å². The maximum atomic E-state index is 15.7. The molecule has 272 valence electrons. The predicted molar refractivity (Wildman–Crippen MR) is 188 cm³/mol. The molecule has 3 amide bonds. The quantitative estimate of drug-likeness (QED) is 0.0886. The van der Waals surface area contributed by atoms with Crippen LogP contribution in [-0.2, 0) is 25.5 Å². The van der Waals surface area contributed by atoms with Gasteiger partial charge in [0.25, 0.3) is 5.91 Å². The number of ether oxygens (including phenoxy) is 3. The van der Waals surface area contributed by atoms with E-state index >= 15 is 4.39 Å². The van der Waals surface area contributed by atoms with Crippen molar-refractivity contribution in [2.24, 2.45) is 0 Å². The molecule has 0 aliphatic carbocycles. The van der Waals surface area contributed by atoms with Crippen LogP contribution in [0.2, 0.25) is 5.02 Å². The smallest absolute Gasteiger partial charge is 0.408 e. The molecule has 2 atom stereocenters. The number of esters is 1. The van der Waals surface area contributed by atoms with Gasteiger partial charge in [-0.2, -0.15) is 0 Å². The minimum Gasteiger partial charge on any atom is -0.464 e. The summed E-state index contributed by atoms with van der Waals surface area (Å²) in [5.74, 6) is -3.27. The van der Waals surface area contributed by atoms with Gasteiger partial charge in [0.2, 0.25) is 5.43 Å². The first-order chi connectivity index (χ1) is 23.4. The normalized spacial score (nSPS) is 12.8. The zero-order valence-electron chi connectivity index (χ0n) is 29.5. The lowest BCUT2D eigenvalue weighted by atomic mass is 9.86. The predicted octanol–water partition coefficient (Wildman–Crippen LogP) is 6.49. The molecule has 0 aliphatic rings. The fraction of sp³-hybridized carbons (Fsp3) is 0.472. The van der Waals surface area contributed by atoms with Crippen LogP contribution < -0.4 is 21.4 Å². The van der Waals surface area contributed by atoms with Gasteiger partial charge in [-0.3, -0.25) is 9.59 Å². The third-order valence-corrected chi connectivity index (χ3v) is 7.39. The van der Waals surface area contributed by atoms with Crippen molar-refractivity contribution in [2.75, 3.05) is 13.2 Å². The molecule has 0 saturated carbocycles. The van der Waals surface area contributed by atoms with E-state index in [0.717, 1.165) is 17.8 Å². The van der Waals surface area contributed by atoms with E-state index < -0.39 is 58.5 Å². The summed E-state index contributed by atoms with van der Waals surface area (Å²) in [6, 6.07) is 7.96. The second kappa shape index (κ2) is 17.3. The Hall–Kier alpha value is -4.65. The van der Waals surface area contributed by atoms with Gasteiger partial charge in [-0.1, -0.05) is 30.7 Å². The van der Waals surface area contributed by atoms with Gasteiger partial charge in [-0.15, -0.1) is 0 Å². The van der Waals surface area contributed by atoms with Crippen molar-refractivity contribution < 1.29 is 37.8 Å². The van der Waals surface area contributed by atoms with Gasteiger partial charge in [0.1, 0.15) is 28.6 Å². The van der Waals surface area contributed by atoms with Crippen molar-refractivity contribution in [3.8, 4) is 0 Å². The first-order valence-electron chi connectivity index (χ1n) is 16.4. The van der Waals surface area contributed by atoms with Crippen LogP contribution in [0.4, 0.5) is 14.0 Å². The van der Waals surface area contributed by atoms with Gasteiger partial charge in [-0.25, -0.2) is 18.8 Å². The molecule has 12 nitrogen and oxygen atoms in total. The third kappa shape index (κ3) is 12.0. The monoisotopic (exact) mass is 716 g/mol. The highest BCUT2D eigenvalue weighted by Crippen LogP contribution is 2.30. The van der Waals surface area contributed by atoms with E-state index in [1.165, 1.54) is 6.07 Å². The molecular weight excluding hydrogens is 671 g/mol. The number of amides is 3. The maximum Gasteiger partial charge on any atom is 0.408 e. The third-order valence-electron chi connectivity index (χ3n) is 7.14. The minimum atomic E-state index is -1.38. The van der Waals surface area contributed by atoms with Crippen LogP contribution in [-0.4, -0.2) is 59.4 Å². The lowest BCUT2D eigenvalue weighted by Gasteiger charge is -2.29. The van der Waals surface area contributed by atoms with Crippen LogP contribution >= 0.6 is 11.6 Å². The summed E-state index contributed by atoms with van der Waals surface area (Å²) in [4.78, 5) is 68.2. The molecule has 3 aromatic rings. The Labute approximate surface area is 295 Å². The van der Waals surface area contributed by atoms with Crippen LogP contribution in [0.3, 0.4) is 0 Å². The summed E-state index contributed by atoms with van der Waals surface area (Å²) in [5.41, 5.74) is -1.86. The number of aromatic nitrogens is 1. The van der Waals surface area contributed by atoms with E-state index in [2.05, 4.69) is 20.9 Å². The Balaban J connectivity index is 2.03. The summed E-state index contributed by atoms with van der Waals surface area (Å²) in [6.07, 6.45) is 0.441. The number of carbonyl (C=O) groups is 4. The number of carbonyl (C=O) groups excluding carboxylic acids is 4. The zero-order chi connectivity index (χ0) is 37.2. The SMILES string of the molecule is CCCOC(=O)C(NC(=O)OC(C)(C)C)C(CCCNC(=O)OC(C)(C)C)c1cc(F)c2[nH]cc(C(=O)NCc3ccc(Cl)cc3)c(=O)c2c1. The second-order valence-corrected chi connectivity index (χ2v) is 14.2. The topological polar surface area (TPSA) is 165 Å². The number of hydrogen-bond acceptors (Lipinski definition) is 8. The maximum absolute atomic E-state index is 15.7. The number of aromatic amines is 1. The standard InChI is InChI=1S/C36H46ClFN4O8/c1-8-16-48-32(45)29(42-34(47)50-36(5,6)7)24(10-9-15-39-33(46)49-35(2,3)4)22-17-25-28(27(38)18-22)40-20-26(30(25)43)31(44)41-19-21-11-13-23(37)14-12-21/h11-14,17-18,20,24,29H,8-10,15-16,19H2,1-7H3,(H,39,46)(H,40,43)(H,41,44)(H,42,47). The van der Waals surface area contributed by atoms with Crippen molar-refractivity contribution in [2.45, 2.75) is 97.4 Å². The number of hydrogen-bond donors (Lipinski definition) is 4. The van der Waals surface area contributed by atoms with Gasteiger partial charge in [0.05, 0.1) is 12.1 Å². The fourth-order valence-corrected chi connectivity index (χ4v) is 5.10. The average molecular weight is 717 g/mol. The Morgan fingerprint density at radius 1 is 0.940 bits per heavy atom. The number of H-pyrrole nitrogens is 1. The summed E-state index contributed by atoms with van der Waals surface area (Å²) in [7, 11) is 0. The van der Waals surface area contributed by atoms with Crippen molar-refractivity contribution in [3.63, 3.8) is 0 Å². The molecule has 0 spiro atoms.